The molecular formula is C81H74Cl2N4O8. The molecule has 4 aliphatic rings. The number of benzene rings is 10. The van der Waals surface area contributed by atoms with Crippen molar-refractivity contribution in [3.05, 3.63) is 312 Å². The van der Waals surface area contributed by atoms with Crippen molar-refractivity contribution in [2.45, 2.75) is 76.0 Å². The molecule has 95 heavy (non-hydrogen) atoms. The number of likely N-dealkylation sites (N-methyl/N-ethyl adjacent to an activating group) is 2. The van der Waals surface area contributed by atoms with Crippen LogP contribution in [0.3, 0.4) is 0 Å². The Morgan fingerprint density at radius 2 is 0.674 bits per heavy atom. The van der Waals surface area contributed by atoms with Gasteiger partial charge in [-0.25, -0.2) is 37.3 Å². The Balaban J connectivity index is 0.000000806. The van der Waals surface area contributed by atoms with Gasteiger partial charge in [-0.05, 0) is 156 Å². The second-order valence-corrected chi connectivity index (χ2v) is 27.2. The number of hydrogen-bond donors (Lipinski definition) is 0. The van der Waals surface area contributed by atoms with Gasteiger partial charge in [-0.15, -0.1) is 29.6 Å². The Morgan fingerprint density at radius 1 is 0.379 bits per heavy atom. The van der Waals surface area contributed by atoms with Crippen molar-refractivity contribution in [1.29, 1.82) is 0 Å². The van der Waals surface area contributed by atoms with Crippen LogP contribution in [0.5, 0.6) is 0 Å². The lowest BCUT2D eigenvalue weighted by atomic mass is 9.72. The summed E-state index contributed by atoms with van der Waals surface area (Å²) >= 11 is 0. The fourth-order valence-electron chi connectivity index (χ4n) is 15.8. The number of halogens is 2. The van der Waals surface area contributed by atoms with E-state index in [4.69, 9.17) is 37.3 Å². The minimum atomic E-state index is -4.94. The van der Waals surface area contributed by atoms with E-state index in [0.29, 0.717) is 6.67 Å². The highest BCUT2D eigenvalue weighted by atomic mass is 35.7. The summed E-state index contributed by atoms with van der Waals surface area (Å²) in [5.74, 6) is 0. The van der Waals surface area contributed by atoms with Crippen molar-refractivity contribution in [2.24, 2.45) is 0 Å². The molecule has 14 heteroatoms. The van der Waals surface area contributed by atoms with E-state index in [9.17, 15) is 0 Å². The van der Waals surface area contributed by atoms with E-state index in [-0.39, 0.29) is 10.8 Å². The summed E-state index contributed by atoms with van der Waals surface area (Å²) < 4.78 is 73.2. The monoisotopic (exact) mass is 1300 g/mol. The average Bonchev–Trinajstić information content (AvgIpc) is 1.58. The molecule has 2 unspecified atom stereocenters. The van der Waals surface area contributed by atoms with Crippen LogP contribution in [0.15, 0.2) is 278 Å². The molecule has 0 saturated carbocycles. The second-order valence-electron chi connectivity index (χ2n) is 25.7. The SMILES string of the molecule is C/C=C/C1(Cc2ccccc2)C(=CC=CC2=[N+](C[N+]3=C(C=CC=C4N(C)c5ccc6ccccc6c5C4(/C=C/C)Cc4ccccc4)C(C)(C)c4c3ccc3ccccc43)c3ccc4ccccc4c3C2(C)C)N(C)c2ccc3ccccc3c21.[O-][Cl+3]([O-])([O-])[O-].[O-][Cl+3]([O-])([O-])[O-]. The van der Waals surface area contributed by atoms with Crippen LogP contribution in [0.4, 0.5) is 22.7 Å². The molecule has 10 aromatic carbocycles. The van der Waals surface area contributed by atoms with Crippen LogP contribution in [0.25, 0.3) is 43.1 Å². The fourth-order valence-corrected chi connectivity index (χ4v) is 15.8. The van der Waals surface area contributed by atoms with Gasteiger partial charge in [0.1, 0.15) is 0 Å². The average molecular weight is 1300 g/mol. The summed E-state index contributed by atoms with van der Waals surface area (Å²) in [7, 11) is -5.37. The molecule has 0 bridgehead atoms. The van der Waals surface area contributed by atoms with Gasteiger partial charge in [0, 0.05) is 72.3 Å². The van der Waals surface area contributed by atoms with Gasteiger partial charge in [0.05, 0.1) is 21.7 Å². The van der Waals surface area contributed by atoms with Crippen molar-refractivity contribution >= 4 is 77.3 Å². The van der Waals surface area contributed by atoms with Gasteiger partial charge >= 0.3 is 6.67 Å². The highest BCUT2D eigenvalue weighted by molar-refractivity contribution is 6.09. The summed E-state index contributed by atoms with van der Waals surface area (Å²) in [6.07, 6.45) is 25.5. The van der Waals surface area contributed by atoms with Crippen LogP contribution < -0.4 is 47.1 Å². The quantitative estimate of drug-likeness (QED) is 0.0839. The van der Waals surface area contributed by atoms with Gasteiger partial charge in [0.2, 0.25) is 11.4 Å². The lowest BCUT2D eigenvalue weighted by Gasteiger charge is -2.31. The smallest absolute Gasteiger partial charge is 0.345 e. The normalized spacial score (nSPS) is 19.7. The predicted molar refractivity (Wildman–Crippen MR) is 361 cm³/mol. The van der Waals surface area contributed by atoms with Crippen LogP contribution in [0, 0.1) is 20.5 Å². The van der Waals surface area contributed by atoms with Crippen LogP contribution in [-0.2, 0) is 34.5 Å². The first kappa shape index (κ1) is 65.9. The summed E-state index contributed by atoms with van der Waals surface area (Å²) in [6.45, 7) is 14.7. The Kier molecular flexibility index (Phi) is 18.0. The Bertz CT molecular complexity index is 4570. The second kappa shape index (κ2) is 25.9. The number of nitrogens with zero attached hydrogens (tertiary/aromatic N) is 4. The minimum absolute atomic E-state index is 0.362. The zero-order valence-corrected chi connectivity index (χ0v) is 55.8. The van der Waals surface area contributed by atoms with E-state index in [1.54, 1.807) is 0 Å². The maximum atomic E-state index is 8.49. The first-order chi connectivity index (χ1) is 45.4. The van der Waals surface area contributed by atoms with E-state index >= 15 is 0 Å². The summed E-state index contributed by atoms with van der Waals surface area (Å²) in [6, 6.07) is 76.5. The first-order valence-corrected chi connectivity index (χ1v) is 34.1. The third-order valence-corrected chi connectivity index (χ3v) is 19.4. The Hall–Kier alpha value is -9.12. The van der Waals surface area contributed by atoms with Crippen molar-refractivity contribution in [3.63, 3.8) is 0 Å². The summed E-state index contributed by atoms with van der Waals surface area (Å²) in [5, 5.41) is 10.2. The minimum Gasteiger partial charge on any atom is -0.347 e. The molecule has 0 spiro atoms. The maximum absolute atomic E-state index is 8.49. The zero-order valence-electron chi connectivity index (χ0n) is 54.3. The number of anilines is 2. The molecular weight excluding hydrogens is 1230 g/mol. The highest BCUT2D eigenvalue weighted by Gasteiger charge is 2.52. The number of hydrogen-bond acceptors (Lipinski definition) is 10. The molecule has 2 atom stereocenters. The standard InChI is InChI=1S/C81H74N4.2ClHO4/c1-9-51-80(53-56-27-13-11-14-28-56)72(82(7)66-47-43-60-33-19-23-37-64(60)76(66)80)41-25-39-70-78(3,4)74-62-35-21-17-31-58(62)45-49-68(74)84(70)55-85-69-50-46-59-32-18-22-36-63(59)75(69)79(5,6)71(85)40-26-42-73-81(52-10-2,54-57-29-15-12-16-30-57)77-65-38-24-20-34-61(65)44-48-67(77)83(73)8;2*2-1(3,4)5/h9-52H,53-55H2,1-8H3;2*(H,2,3,4,5)/q+2;;/p-2/b51-9+,52-10+;;. The lowest BCUT2D eigenvalue weighted by molar-refractivity contribution is -2.00. The van der Waals surface area contributed by atoms with Gasteiger partial charge in [0.15, 0.2) is 11.4 Å². The molecule has 0 N–H and O–H groups in total. The molecule has 0 fully saturated rings. The number of allylic oxidation sites excluding steroid dienone is 10. The fraction of sp³-hybridized carbons (Fsp3) is 0.185. The molecule has 0 aromatic heterocycles. The molecule has 0 amide bonds. The van der Waals surface area contributed by atoms with Gasteiger partial charge in [0.25, 0.3) is 0 Å². The van der Waals surface area contributed by atoms with Gasteiger partial charge in [-0.3, -0.25) is 0 Å². The molecule has 0 radical (unpaired) electrons. The zero-order chi connectivity index (χ0) is 67.2. The predicted octanol–water partition coefficient (Wildman–Crippen LogP) is 9.49. The molecule has 10 aromatic rings. The molecule has 12 nitrogen and oxygen atoms in total. The van der Waals surface area contributed by atoms with Crippen LogP contribution in [-0.4, -0.2) is 41.3 Å². The van der Waals surface area contributed by atoms with Crippen molar-refractivity contribution in [1.82, 2.24) is 0 Å². The highest BCUT2D eigenvalue weighted by Crippen LogP contribution is 2.56. The Morgan fingerprint density at radius 3 is 1.00 bits per heavy atom. The van der Waals surface area contributed by atoms with Gasteiger partial charge < -0.3 is 9.80 Å². The van der Waals surface area contributed by atoms with Crippen LogP contribution in [0.2, 0.25) is 0 Å². The van der Waals surface area contributed by atoms with Crippen LogP contribution >= 0.6 is 0 Å². The van der Waals surface area contributed by atoms with E-state index in [0.717, 1.165) is 12.8 Å². The van der Waals surface area contributed by atoms with Gasteiger partial charge in [-0.2, -0.15) is 0 Å². The van der Waals surface area contributed by atoms with E-state index in [2.05, 4.69) is 342 Å². The maximum Gasteiger partial charge on any atom is 0.345 e. The summed E-state index contributed by atoms with van der Waals surface area (Å²) in [4.78, 5) is 4.90. The molecule has 4 aliphatic heterocycles. The van der Waals surface area contributed by atoms with Crippen LogP contribution in [0.1, 0.15) is 74.9 Å². The van der Waals surface area contributed by atoms with Crippen molar-refractivity contribution in [2.75, 3.05) is 30.6 Å². The number of fused-ring (bicyclic) bond motifs is 12. The van der Waals surface area contributed by atoms with Gasteiger partial charge in [-0.1, -0.05) is 206 Å². The number of rotatable bonds is 12. The molecule has 480 valence electrons. The lowest BCUT2D eigenvalue weighted by Crippen LogP contribution is -2.68. The molecule has 0 aliphatic carbocycles. The third kappa shape index (κ3) is 12.4. The molecule has 14 rings (SSSR count). The first-order valence-electron chi connectivity index (χ1n) is 31.6. The summed E-state index contributed by atoms with van der Waals surface area (Å²) in [5.41, 5.74) is 16.5. The van der Waals surface area contributed by atoms with E-state index in [1.165, 1.54) is 122 Å². The van der Waals surface area contributed by atoms with Crippen molar-refractivity contribution in [3.8, 4) is 0 Å². The Labute approximate surface area is 559 Å². The molecule has 4 heterocycles. The third-order valence-electron chi connectivity index (χ3n) is 19.4. The van der Waals surface area contributed by atoms with Crippen molar-refractivity contribution < 1.29 is 66.9 Å². The topological polar surface area (TPSA) is 197 Å². The van der Waals surface area contributed by atoms with E-state index < -0.39 is 31.3 Å². The largest absolute Gasteiger partial charge is 0.347 e. The molecule has 0 saturated heterocycles. The van der Waals surface area contributed by atoms with E-state index in [1.807, 2.05) is 0 Å².